The van der Waals surface area contributed by atoms with Crippen LogP contribution in [0, 0.1) is 22.7 Å². The first-order valence-electron chi connectivity index (χ1n) is 8.56. The molecule has 0 spiro atoms. The molecule has 0 unspecified atom stereocenters. The van der Waals surface area contributed by atoms with E-state index in [1.165, 1.54) is 6.07 Å². The molecule has 1 aromatic carbocycles. The molecule has 1 aromatic heterocycles. The summed E-state index contributed by atoms with van der Waals surface area (Å²) in [4.78, 5) is 8.01. The summed E-state index contributed by atoms with van der Waals surface area (Å²) >= 11 is 0. The Labute approximate surface area is 160 Å². The Morgan fingerprint density at radius 2 is 1.61 bits per heavy atom. The maximum absolute atomic E-state index is 12.7. The highest BCUT2D eigenvalue weighted by molar-refractivity contribution is 5.73. The zero-order valence-corrected chi connectivity index (χ0v) is 14.8. The van der Waals surface area contributed by atoms with Gasteiger partial charge in [0.2, 0.25) is 0 Å². The number of hydrogen-bond acceptors (Lipinski definition) is 5. The Morgan fingerprint density at radius 3 is 2.18 bits per heavy atom. The van der Waals surface area contributed by atoms with E-state index in [1.54, 1.807) is 6.08 Å². The lowest BCUT2D eigenvalue weighted by atomic mass is 10.1. The largest absolute Gasteiger partial charge is 0.417 e. The summed E-state index contributed by atoms with van der Waals surface area (Å²) in [5.41, 5.74) is 0.952. The first-order valence-corrected chi connectivity index (χ1v) is 8.56. The normalized spacial score (nSPS) is 14.2. The fourth-order valence-electron chi connectivity index (χ4n) is 3.06. The van der Waals surface area contributed by atoms with Crippen LogP contribution in [0.2, 0.25) is 0 Å². The summed E-state index contributed by atoms with van der Waals surface area (Å²) in [6.45, 7) is 2.48. The van der Waals surface area contributed by atoms with Gasteiger partial charge < -0.3 is 9.80 Å². The topological polar surface area (TPSA) is 67.0 Å². The molecule has 0 aliphatic carbocycles. The van der Waals surface area contributed by atoms with Gasteiger partial charge in [-0.3, -0.25) is 0 Å². The van der Waals surface area contributed by atoms with Crippen molar-refractivity contribution in [2.45, 2.75) is 6.18 Å². The summed E-state index contributed by atoms with van der Waals surface area (Å²) in [5.74, 6) is 0.511. The fourth-order valence-corrected chi connectivity index (χ4v) is 3.06. The molecule has 2 aromatic rings. The molecule has 0 atom stereocenters. The van der Waals surface area contributed by atoms with Crippen LogP contribution in [-0.4, -0.2) is 31.2 Å². The van der Waals surface area contributed by atoms with Crippen LogP contribution < -0.4 is 9.80 Å². The monoisotopic (exact) mass is 383 g/mol. The summed E-state index contributed by atoms with van der Waals surface area (Å²) < 4.78 is 38.0. The number of halogens is 3. The molecule has 0 N–H and O–H groups in total. The number of allylic oxidation sites excluding steroid dienone is 1. The van der Waals surface area contributed by atoms with E-state index in [9.17, 15) is 13.2 Å². The van der Waals surface area contributed by atoms with Crippen LogP contribution in [0.5, 0.6) is 0 Å². The standard InChI is InChI=1S/C20H16F3N5/c21-20(22,23)17-5-6-19(26-14-17)28-9-7-27(8-10-28)18-4-2-1-3-16(18)11-15(12-24)13-25/h1-6,11,14H,7-10H2. The quantitative estimate of drug-likeness (QED) is 0.753. The van der Waals surface area contributed by atoms with Gasteiger partial charge in [-0.05, 0) is 29.8 Å². The minimum atomic E-state index is -4.40. The van der Waals surface area contributed by atoms with Crippen LogP contribution in [0.1, 0.15) is 11.1 Å². The average Bonchev–Trinajstić information content (AvgIpc) is 2.72. The van der Waals surface area contributed by atoms with E-state index in [2.05, 4.69) is 9.88 Å². The molecular weight excluding hydrogens is 367 g/mol. The fraction of sp³-hybridized carbons (Fsp3) is 0.250. The van der Waals surface area contributed by atoms with Gasteiger partial charge in [-0.15, -0.1) is 0 Å². The Morgan fingerprint density at radius 1 is 0.964 bits per heavy atom. The number of para-hydroxylation sites is 1. The second kappa shape index (κ2) is 8.01. The van der Waals surface area contributed by atoms with Crippen molar-refractivity contribution in [3.8, 4) is 12.1 Å². The van der Waals surface area contributed by atoms with Gasteiger partial charge in [0.15, 0.2) is 0 Å². The predicted octanol–water partition coefficient (Wildman–Crippen LogP) is 3.86. The maximum Gasteiger partial charge on any atom is 0.417 e. The summed E-state index contributed by atoms with van der Waals surface area (Å²) in [6.07, 6.45) is -1.99. The first kappa shape index (κ1) is 19.2. The summed E-state index contributed by atoms with van der Waals surface area (Å²) in [5, 5.41) is 18.0. The van der Waals surface area contributed by atoms with E-state index < -0.39 is 11.7 Å². The van der Waals surface area contributed by atoms with Crippen molar-refractivity contribution in [2.24, 2.45) is 0 Å². The van der Waals surface area contributed by atoms with Crippen molar-refractivity contribution in [3.05, 3.63) is 59.3 Å². The van der Waals surface area contributed by atoms with Gasteiger partial charge in [0.1, 0.15) is 23.5 Å². The molecule has 2 heterocycles. The van der Waals surface area contributed by atoms with Gasteiger partial charge in [-0.1, -0.05) is 18.2 Å². The van der Waals surface area contributed by atoms with Crippen molar-refractivity contribution in [1.29, 1.82) is 10.5 Å². The van der Waals surface area contributed by atoms with E-state index in [-0.39, 0.29) is 5.57 Å². The average molecular weight is 383 g/mol. The van der Waals surface area contributed by atoms with Gasteiger partial charge in [-0.25, -0.2) is 4.98 Å². The molecule has 142 valence electrons. The molecule has 0 saturated carbocycles. The van der Waals surface area contributed by atoms with Crippen molar-refractivity contribution >= 4 is 17.6 Å². The van der Waals surface area contributed by atoms with Gasteiger partial charge in [0.25, 0.3) is 0 Å². The Bertz CT molecular complexity index is 928. The number of hydrogen-bond donors (Lipinski definition) is 0. The molecule has 8 heteroatoms. The van der Waals surface area contributed by atoms with E-state index >= 15 is 0 Å². The van der Waals surface area contributed by atoms with Crippen molar-refractivity contribution in [3.63, 3.8) is 0 Å². The van der Waals surface area contributed by atoms with E-state index in [1.807, 2.05) is 41.3 Å². The lowest BCUT2D eigenvalue weighted by molar-refractivity contribution is -0.137. The highest BCUT2D eigenvalue weighted by Gasteiger charge is 2.31. The number of benzene rings is 1. The molecule has 1 fully saturated rings. The number of alkyl halides is 3. The van der Waals surface area contributed by atoms with Gasteiger partial charge in [0, 0.05) is 38.1 Å². The van der Waals surface area contributed by atoms with E-state index in [0.717, 1.165) is 23.5 Å². The van der Waals surface area contributed by atoms with E-state index in [0.29, 0.717) is 32.0 Å². The zero-order valence-electron chi connectivity index (χ0n) is 14.8. The molecule has 0 bridgehead atoms. The summed E-state index contributed by atoms with van der Waals surface area (Å²) in [7, 11) is 0. The second-order valence-electron chi connectivity index (χ2n) is 6.22. The molecule has 28 heavy (non-hydrogen) atoms. The zero-order chi connectivity index (χ0) is 20.1. The molecular formula is C20H16F3N5. The van der Waals surface area contributed by atoms with Crippen LogP contribution in [0.15, 0.2) is 48.2 Å². The lowest BCUT2D eigenvalue weighted by Crippen LogP contribution is -2.47. The van der Waals surface area contributed by atoms with Crippen LogP contribution >= 0.6 is 0 Å². The number of anilines is 2. The van der Waals surface area contributed by atoms with Crippen molar-refractivity contribution < 1.29 is 13.2 Å². The van der Waals surface area contributed by atoms with E-state index in [4.69, 9.17) is 10.5 Å². The van der Waals surface area contributed by atoms with Crippen molar-refractivity contribution in [2.75, 3.05) is 36.0 Å². The smallest absolute Gasteiger partial charge is 0.367 e. The Kier molecular flexibility index (Phi) is 5.51. The van der Waals surface area contributed by atoms with Gasteiger partial charge in [-0.2, -0.15) is 23.7 Å². The molecule has 5 nitrogen and oxygen atoms in total. The first-order chi connectivity index (χ1) is 13.4. The minimum absolute atomic E-state index is 0.0278. The summed E-state index contributed by atoms with van der Waals surface area (Å²) in [6, 6.07) is 13.6. The number of nitrogens with zero attached hydrogens (tertiary/aromatic N) is 5. The second-order valence-corrected chi connectivity index (χ2v) is 6.22. The molecule has 1 aliphatic heterocycles. The van der Waals surface area contributed by atoms with Crippen LogP contribution in [0.4, 0.5) is 24.7 Å². The number of rotatable bonds is 3. The van der Waals surface area contributed by atoms with Crippen LogP contribution in [-0.2, 0) is 6.18 Å². The molecule has 1 aliphatic rings. The predicted molar refractivity (Wildman–Crippen MR) is 99.3 cm³/mol. The SMILES string of the molecule is N#CC(C#N)=Cc1ccccc1N1CCN(c2ccc(C(F)(F)F)cn2)CC1. The van der Waals surface area contributed by atoms with Gasteiger partial charge >= 0.3 is 6.18 Å². The molecule has 1 saturated heterocycles. The third kappa shape index (κ3) is 4.24. The van der Waals surface area contributed by atoms with Gasteiger partial charge in [0.05, 0.1) is 5.56 Å². The Hall–Kier alpha value is -3.52. The lowest BCUT2D eigenvalue weighted by Gasteiger charge is -2.37. The Balaban J connectivity index is 1.72. The molecule has 0 radical (unpaired) electrons. The molecule has 0 amide bonds. The number of nitriles is 2. The number of pyridine rings is 1. The number of aromatic nitrogens is 1. The van der Waals surface area contributed by atoms with Crippen molar-refractivity contribution in [1.82, 2.24) is 4.98 Å². The highest BCUT2D eigenvalue weighted by atomic mass is 19.4. The number of piperazine rings is 1. The third-order valence-electron chi connectivity index (χ3n) is 4.50. The van der Waals surface area contributed by atoms with Crippen LogP contribution in [0.25, 0.3) is 6.08 Å². The molecule has 3 rings (SSSR count). The highest BCUT2D eigenvalue weighted by Crippen LogP contribution is 2.30. The van der Waals surface area contributed by atoms with Crippen LogP contribution in [0.3, 0.4) is 0 Å². The minimum Gasteiger partial charge on any atom is -0.367 e. The maximum atomic E-state index is 12.7. The third-order valence-corrected chi connectivity index (χ3v) is 4.50.